The van der Waals surface area contributed by atoms with Crippen molar-refractivity contribution in [1.82, 2.24) is 0 Å². The highest BCUT2D eigenvalue weighted by molar-refractivity contribution is 7.90. The lowest BCUT2D eigenvalue weighted by Gasteiger charge is -2.06. The Hall–Kier alpha value is -1.36. The number of nitrogens with one attached hydrogen (secondary N) is 1. The van der Waals surface area contributed by atoms with Crippen molar-refractivity contribution in [3.8, 4) is 0 Å². The summed E-state index contributed by atoms with van der Waals surface area (Å²) in [6.07, 6.45) is 1.10. The largest absolute Gasteiger partial charge is 0.325 e. The lowest BCUT2D eigenvalue weighted by atomic mass is 10.3. The van der Waals surface area contributed by atoms with Crippen LogP contribution in [-0.2, 0) is 14.6 Å². The molecule has 1 aromatic rings. The Kier molecular flexibility index (Phi) is 2.90. The van der Waals surface area contributed by atoms with Crippen molar-refractivity contribution >= 4 is 21.4 Å². The third-order valence-corrected chi connectivity index (χ3v) is 2.75. The highest BCUT2D eigenvalue weighted by Gasteiger charge is 2.12. The van der Waals surface area contributed by atoms with E-state index in [4.69, 9.17) is 0 Å². The van der Waals surface area contributed by atoms with E-state index in [1.54, 1.807) is 18.2 Å². The standard InChI is InChI=1S/C9H11NO3S.H2/c1-7(11)10-8-5-3-4-6-9(8)14(2,12)13;/h3-6H,1-2H3,(H,10,11);1H. The number of carbonyl (C=O) groups is 1. The van der Waals surface area contributed by atoms with Gasteiger partial charge in [0.2, 0.25) is 5.91 Å². The predicted octanol–water partition coefficient (Wildman–Crippen LogP) is 1.29. The van der Waals surface area contributed by atoms with Gasteiger partial charge in [-0.15, -0.1) is 0 Å². The Morgan fingerprint density at radius 2 is 1.93 bits per heavy atom. The van der Waals surface area contributed by atoms with Crippen LogP contribution in [0.3, 0.4) is 0 Å². The third kappa shape index (κ3) is 2.56. The molecule has 0 saturated carbocycles. The number of carbonyl (C=O) groups excluding carboxylic acids is 1. The Morgan fingerprint density at radius 1 is 1.36 bits per heavy atom. The van der Waals surface area contributed by atoms with Gasteiger partial charge in [-0.05, 0) is 12.1 Å². The number of para-hydroxylation sites is 1. The molecule has 0 saturated heterocycles. The quantitative estimate of drug-likeness (QED) is 0.808. The third-order valence-electron chi connectivity index (χ3n) is 1.60. The molecule has 0 bridgehead atoms. The van der Waals surface area contributed by atoms with Crippen molar-refractivity contribution in [1.29, 1.82) is 0 Å². The van der Waals surface area contributed by atoms with Crippen LogP contribution in [-0.4, -0.2) is 20.6 Å². The molecule has 0 radical (unpaired) electrons. The van der Waals surface area contributed by atoms with E-state index in [0.717, 1.165) is 6.26 Å². The maximum atomic E-state index is 11.3. The second kappa shape index (κ2) is 3.79. The van der Waals surface area contributed by atoms with Crippen LogP contribution in [0.25, 0.3) is 0 Å². The van der Waals surface area contributed by atoms with Crippen LogP contribution >= 0.6 is 0 Å². The summed E-state index contributed by atoms with van der Waals surface area (Å²) in [5.74, 6) is -0.291. The maximum Gasteiger partial charge on any atom is 0.221 e. The number of amides is 1. The summed E-state index contributed by atoms with van der Waals surface area (Å²) in [6.45, 7) is 1.33. The second-order valence-corrected chi connectivity index (χ2v) is 4.93. The monoisotopic (exact) mass is 215 g/mol. The molecular formula is C9H13NO3S. The van der Waals surface area contributed by atoms with Crippen molar-refractivity contribution in [2.75, 3.05) is 11.6 Å². The van der Waals surface area contributed by atoms with E-state index in [2.05, 4.69) is 5.32 Å². The number of rotatable bonds is 2. The normalized spacial score (nSPS) is 11.0. The van der Waals surface area contributed by atoms with Gasteiger partial charge in [0.05, 0.1) is 10.6 Å². The number of hydrogen-bond acceptors (Lipinski definition) is 3. The highest BCUT2D eigenvalue weighted by Crippen LogP contribution is 2.20. The topological polar surface area (TPSA) is 63.2 Å². The number of sulfone groups is 1. The predicted molar refractivity (Wildman–Crippen MR) is 56.0 cm³/mol. The lowest BCUT2D eigenvalue weighted by molar-refractivity contribution is -0.114. The summed E-state index contributed by atoms with van der Waals surface area (Å²) < 4.78 is 22.6. The fraction of sp³-hybridized carbons (Fsp3) is 0.222. The zero-order chi connectivity index (χ0) is 10.8. The van der Waals surface area contributed by atoms with Gasteiger partial charge in [0.15, 0.2) is 9.84 Å². The van der Waals surface area contributed by atoms with Gasteiger partial charge in [-0.3, -0.25) is 4.79 Å². The first-order valence-corrected chi connectivity index (χ1v) is 5.87. The van der Waals surface area contributed by atoms with E-state index in [1.807, 2.05) is 0 Å². The van der Waals surface area contributed by atoms with Gasteiger partial charge in [0.1, 0.15) is 0 Å². The highest BCUT2D eigenvalue weighted by atomic mass is 32.2. The molecule has 0 fully saturated rings. The Balaban J connectivity index is 0.00000196. The molecule has 0 heterocycles. The minimum atomic E-state index is -3.29. The smallest absolute Gasteiger partial charge is 0.221 e. The van der Waals surface area contributed by atoms with Gasteiger partial charge in [-0.1, -0.05) is 12.1 Å². The van der Waals surface area contributed by atoms with Crippen molar-refractivity contribution < 1.29 is 14.6 Å². The first-order valence-electron chi connectivity index (χ1n) is 3.98. The molecule has 1 amide bonds. The van der Waals surface area contributed by atoms with Crippen molar-refractivity contribution in [3.05, 3.63) is 24.3 Å². The average molecular weight is 215 g/mol. The van der Waals surface area contributed by atoms with Crippen molar-refractivity contribution in [2.45, 2.75) is 11.8 Å². The summed E-state index contributed by atoms with van der Waals surface area (Å²) in [4.78, 5) is 10.9. The zero-order valence-electron chi connectivity index (χ0n) is 7.94. The molecule has 14 heavy (non-hydrogen) atoms. The van der Waals surface area contributed by atoms with Crippen LogP contribution in [0.4, 0.5) is 5.69 Å². The Labute approximate surface area is 84.3 Å². The van der Waals surface area contributed by atoms with Crippen LogP contribution in [0.2, 0.25) is 0 Å². The van der Waals surface area contributed by atoms with E-state index in [0.29, 0.717) is 5.69 Å². The van der Waals surface area contributed by atoms with Crippen LogP contribution in [0.15, 0.2) is 29.2 Å². The van der Waals surface area contributed by atoms with Crippen LogP contribution < -0.4 is 5.32 Å². The molecule has 78 valence electrons. The first-order chi connectivity index (χ1) is 6.41. The minimum Gasteiger partial charge on any atom is -0.325 e. The second-order valence-electron chi connectivity index (χ2n) is 2.95. The van der Waals surface area contributed by atoms with Gasteiger partial charge in [0, 0.05) is 14.6 Å². The maximum absolute atomic E-state index is 11.3. The Morgan fingerprint density at radius 3 is 2.43 bits per heavy atom. The van der Waals surface area contributed by atoms with Gasteiger partial charge < -0.3 is 5.32 Å². The van der Waals surface area contributed by atoms with E-state index < -0.39 is 9.84 Å². The van der Waals surface area contributed by atoms with Crippen LogP contribution in [0, 0.1) is 0 Å². The molecule has 1 N–H and O–H groups in total. The molecule has 0 atom stereocenters. The summed E-state index contributed by atoms with van der Waals surface area (Å²) in [5, 5.41) is 2.46. The molecule has 0 aliphatic carbocycles. The summed E-state index contributed by atoms with van der Waals surface area (Å²) in [6, 6.07) is 6.29. The van der Waals surface area contributed by atoms with Crippen LogP contribution in [0.5, 0.6) is 0 Å². The average Bonchev–Trinajstić information content (AvgIpc) is 2.01. The van der Waals surface area contributed by atoms with Gasteiger partial charge in [0.25, 0.3) is 0 Å². The Bertz CT molecular complexity index is 456. The summed E-state index contributed by atoms with van der Waals surface area (Å²) in [5.41, 5.74) is 0.322. The van der Waals surface area contributed by atoms with E-state index in [-0.39, 0.29) is 12.2 Å². The molecule has 0 aliphatic heterocycles. The SMILES string of the molecule is CC(=O)Nc1ccccc1S(C)(=O)=O.[HH]. The number of hydrogen-bond donors (Lipinski definition) is 1. The summed E-state index contributed by atoms with van der Waals surface area (Å²) >= 11 is 0. The number of anilines is 1. The molecule has 4 nitrogen and oxygen atoms in total. The fourth-order valence-corrected chi connectivity index (χ4v) is 1.93. The minimum absolute atomic E-state index is 0. The zero-order valence-corrected chi connectivity index (χ0v) is 8.76. The summed E-state index contributed by atoms with van der Waals surface area (Å²) in [7, 11) is -3.29. The number of benzene rings is 1. The molecule has 0 aromatic heterocycles. The molecule has 0 spiro atoms. The van der Waals surface area contributed by atoms with Gasteiger partial charge in [-0.25, -0.2) is 8.42 Å². The van der Waals surface area contributed by atoms with Crippen molar-refractivity contribution in [3.63, 3.8) is 0 Å². The lowest BCUT2D eigenvalue weighted by Crippen LogP contribution is -2.10. The van der Waals surface area contributed by atoms with Gasteiger partial charge >= 0.3 is 0 Å². The van der Waals surface area contributed by atoms with Crippen LogP contribution in [0.1, 0.15) is 8.35 Å². The van der Waals surface area contributed by atoms with E-state index in [1.165, 1.54) is 13.0 Å². The molecular weight excluding hydrogens is 202 g/mol. The molecule has 0 unspecified atom stereocenters. The van der Waals surface area contributed by atoms with Gasteiger partial charge in [-0.2, -0.15) is 0 Å². The fourth-order valence-electron chi connectivity index (χ4n) is 1.08. The van der Waals surface area contributed by atoms with E-state index >= 15 is 0 Å². The molecule has 1 aromatic carbocycles. The van der Waals surface area contributed by atoms with E-state index in [9.17, 15) is 13.2 Å². The molecule has 5 heteroatoms. The van der Waals surface area contributed by atoms with Crippen molar-refractivity contribution in [2.24, 2.45) is 0 Å². The molecule has 0 aliphatic rings. The molecule has 1 rings (SSSR count). The first kappa shape index (κ1) is 10.7.